The number of para-hydroxylation sites is 1. The van der Waals surface area contributed by atoms with Crippen molar-refractivity contribution in [1.82, 2.24) is 0 Å². The van der Waals surface area contributed by atoms with Crippen molar-refractivity contribution in [3.8, 4) is 5.75 Å². The van der Waals surface area contributed by atoms with Gasteiger partial charge in [0.2, 0.25) is 0 Å². The average molecular weight is 207 g/mol. The number of rotatable bonds is 4. The average Bonchev–Trinajstić information content (AvgIpc) is 2.18. The molecular weight excluding hydrogens is 186 g/mol. The number of hydrogen-bond acceptors (Lipinski definition) is 2. The second kappa shape index (κ2) is 4.67. The Hall–Kier alpha value is -1.02. The zero-order valence-electron chi connectivity index (χ0n) is 10.1. The van der Waals surface area contributed by atoms with Crippen LogP contribution in [0.1, 0.15) is 31.4 Å². The van der Waals surface area contributed by atoms with Crippen molar-refractivity contribution in [2.75, 3.05) is 7.11 Å². The van der Waals surface area contributed by atoms with E-state index >= 15 is 0 Å². The van der Waals surface area contributed by atoms with E-state index in [9.17, 15) is 0 Å². The molecule has 1 unspecified atom stereocenters. The summed E-state index contributed by atoms with van der Waals surface area (Å²) in [5.74, 6) is 0.975. The lowest BCUT2D eigenvalue weighted by molar-refractivity contribution is 0.392. The molecule has 1 aromatic rings. The maximum absolute atomic E-state index is 6.17. The number of methoxy groups -OCH3 is 1. The summed E-state index contributed by atoms with van der Waals surface area (Å²) in [5, 5.41) is 0. The van der Waals surface area contributed by atoms with E-state index in [0.717, 1.165) is 18.6 Å². The van der Waals surface area contributed by atoms with Crippen molar-refractivity contribution in [1.29, 1.82) is 0 Å². The summed E-state index contributed by atoms with van der Waals surface area (Å²) >= 11 is 0. The van der Waals surface area contributed by atoms with Gasteiger partial charge in [-0.15, -0.1) is 0 Å². The third kappa shape index (κ3) is 2.96. The van der Waals surface area contributed by atoms with Crippen molar-refractivity contribution in [3.05, 3.63) is 29.3 Å². The molecule has 0 saturated carbocycles. The molecule has 0 saturated heterocycles. The van der Waals surface area contributed by atoms with Crippen LogP contribution in [0.5, 0.6) is 5.75 Å². The van der Waals surface area contributed by atoms with Crippen LogP contribution in [0.2, 0.25) is 0 Å². The van der Waals surface area contributed by atoms with E-state index in [1.807, 2.05) is 0 Å². The monoisotopic (exact) mass is 207 g/mol. The van der Waals surface area contributed by atoms with E-state index in [1.54, 1.807) is 7.11 Å². The zero-order chi connectivity index (χ0) is 11.5. The molecule has 84 valence electrons. The van der Waals surface area contributed by atoms with E-state index in [4.69, 9.17) is 10.5 Å². The topological polar surface area (TPSA) is 35.2 Å². The number of nitrogens with two attached hydrogens (primary N) is 1. The van der Waals surface area contributed by atoms with Gasteiger partial charge < -0.3 is 10.5 Å². The minimum absolute atomic E-state index is 0.152. The lowest BCUT2D eigenvalue weighted by atomic mass is 9.90. The minimum Gasteiger partial charge on any atom is -0.496 e. The van der Waals surface area contributed by atoms with E-state index in [-0.39, 0.29) is 5.54 Å². The van der Waals surface area contributed by atoms with Gasteiger partial charge in [-0.3, -0.25) is 0 Å². The van der Waals surface area contributed by atoms with Gasteiger partial charge in [-0.05, 0) is 37.8 Å². The van der Waals surface area contributed by atoms with E-state index in [1.165, 1.54) is 11.1 Å². The smallest absolute Gasteiger partial charge is 0.125 e. The zero-order valence-corrected chi connectivity index (χ0v) is 10.1. The molecule has 1 aromatic carbocycles. The maximum atomic E-state index is 6.17. The molecule has 2 N–H and O–H groups in total. The van der Waals surface area contributed by atoms with Gasteiger partial charge in [-0.2, -0.15) is 0 Å². The molecule has 0 aliphatic rings. The maximum Gasteiger partial charge on any atom is 0.125 e. The van der Waals surface area contributed by atoms with Gasteiger partial charge in [0.1, 0.15) is 5.75 Å². The van der Waals surface area contributed by atoms with Gasteiger partial charge in [-0.1, -0.05) is 25.1 Å². The third-order valence-electron chi connectivity index (χ3n) is 2.90. The second-order valence-electron chi connectivity index (χ2n) is 4.45. The second-order valence-corrected chi connectivity index (χ2v) is 4.45. The van der Waals surface area contributed by atoms with Crippen LogP contribution in [0.4, 0.5) is 0 Å². The molecule has 0 aromatic heterocycles. The Morgan fingerprint density at radius 1 is 1.40 bits per heavy atom. The summed E-state index contributed by atoms with van der Waals surface area (Å²) < 4.78 is 5.41. The van der Waals surface area contributed by atoms with Crippen LogP contribution in [0, 0.1) is 6.92 Å². The molecule has 0 aliphatic heterocycles. The summed E-state index contributed by atoms with van der Waals surface area (Å²) in [6, 6.07) is 6.20. The molecule has 0 radical (unpaired) electrons. The Labute approximate surface area is 92.4 Å². The van der Waals surface area contributed by atoms with Gasteiger partial charge in [0.25, 0.3) is 0 Å². The fourth-order valence-electron chi connectivity index (χ4n) is 1.70. The van der Waals surface area contributed by atoms with E-state index < -0.39 is 0 Å². The highest BCUT2D eigenvalue weighted by molar-refractivity contribution is 5.41. The first kappa shape index (κ1) is 12.1. The quantitative estimate of drug-likeness (QED) is 0.823. The van der Waals surface area contributed by atoms with Crippen molar-refractivity contribution in [3.63, 3.8) is 0 Å². The van der Waals surface area contributed by atoms with Crippen LogP contribution in [0.3, 0.4) is 0 Å². The number of hydrogen-bond donors (Lipinski definition) is 1. The minimum atomic E-state index is -0.152. The van der Waals surface area contributed by atoms with Gasteiger partial charge in [0, 0.05) is 5.54 Å². The lowest BCUT2D eigenvalue weighted by Crippen LogP contribution is -2.37. The van der Waals surface area contributed by atoms with Crippen LogP contribution >= 0.6 is 0 Å². The SMILES string of the molecule is CCC(C)(N)Cc1cccc(C)c1OC. The summed E-state index contributed by atoms with van der Waals surface area (Å²) in [5.41, 5.74) is 8.38. The Balaban J connectivity index is 2.99. The Bertz CT molecular complexity index is 331. The third-order valence-corrected chi connectivity index (χ3v) is 2.90. The molecule has 0 bridgehead atoms. The standard InChI is InChI=1S/C13H21NO/c1-5-13(3,14)9-11-8-6-7-10(2)12(11)15-4/h6-8H,5,9,14H2,1-4H3. The first-order chi connectivity index (χ1) is 7.00. The molecular formula is C13H21NO. The van der Waals surface area contributed by atoms with Crippen LogP contribution < -0.4 is 10.5 Å². The van der Waals surface area contributed by atoms with Crippen LogP contribution in [0.25, 0.3) is 0 Å². The van der Waals surface area contributed by atoms with Gasteiger partial charge in [0.15, 0.2) is 0 Å². The van der Waals surface area contributed by atoms with Crippen molar-refractivity contribution in [2.45, 2.75) is 39.2 Å². The molecule has 1 atom stereocenters. The summed E-state index contributed by atoms with van der Waals surface area (Å²) in [6.07, 6.45) is 1.82. The Kier molecular flexibility index (Phi) is 3.75. The highest BCUT2D eigenvalue weighted by atomic mass is 16.5. The Morgan fingerprint density at radius 2 is 2.07 bits per heavy atom. The number of ether oxygens (including phenoxy) is 1. The van der Waals surface area contributed by atoms with Crippen LogP contribution in [-0.4, -0.2) is 12.6 Å². The van der Waals surface area contributed by atoms with Gasteiger partial charge >= 0.3 is 0 Å². The Morgan fingerprint density at radius 3 is 2.60 bits per heavy atom. The fraction of sp³-hybridized carbons (Fsp3) is 0.538. The molecule has 0 amide bonds. The lowest BCUT2D eigenvalue weighted by Gasteiger charge is -2.24. The molecule has 0 heterocycles. The number of benzene rings is 1. The summed E-state index contributed by atoms with van der Waals surface area (Å²) in [7, 11) is 1.71. The van der Waals surface area contributed by atoms with Crippen molar-refractivity contribution >= 4 is 0 Å². The molecule has 0 fully saturated rings. The normalized spacial score (nSPS) is 14.7. The number of aryl methyl sites for hydroxylation is 1. The van der Waals surface area contributed by atoms with Crippen LogP contribution in [-0.2, 0) is 6.42 Å². The van der Waals surface area contributed by atoms with Crippen molar-refractivity contribution < 1.29 is 4.74 Å². The highest BCUT2D eigenvalue weighted by Crippen LogP contribution is 2.26. The van der Waals surface area contributed by atoms with Gasteiger partial charge in [0.05, 0.1) is 7.11 Å². The molecule has 0 aliphatic carbocycles. The van der Waals surface area contributed by atoms with Crippen molar-refractivity contribution in [2.24, 2.45) is 5.73 Å². The van der Waals surface area contributed by atoms with Crippen LogP contribution in [0.15, 0.2) is 18.2 Å². The van der Waals surface area contributed by atoms with Gasteiger partial charge in [-0.25, -0.2) is 0 Å². The fourth-order valence-corrected chi connectivity index (χ4v) is 1.70. The first-order valence-electron chi connectivity index (χ1n) is 5.41. The molecule has 2 nitrogen and oxygen atoms in total. The summed E-state index contributed by atoms with van der Waals surface area (Å²) in [4.78, 5) is 0. The highest BCUT2D eigenvalue weighted by Gasteiger charge is 2.19. The summed E-state index contributed by atoms with van der Waals surface area (Å²) in [6.45, 7) is 6.25. The molecule has 1 rings (SSSR count). The predicted octanol–water partition coefficient (Wildman–Crippen LogP) is 2.67. The van der Waals surface area contributed by atoms with E-state index in [0.29, 0.717) is 0 Å². The molecule has 15 heavy (non-hydrogen) atoms. The first-order valence-corrected chi connectivity index (χ1v) is 5.41. The molecule has 0 spiro atoms. The molecule has 2 heteroatoms. The predicted molar refractivity (Wildman–Crippen MR) is 64.3 cm³/mol. The largest absolute Gasteiger partial charge is 0.496 e. The van der Waals surface area contributed by atoms with E-state index in [2.05, 4.69) is 39.0 Å².